The summed E-state index contributed by atoms with van der Waals surface area (Å²) in [6.45, 7) is 9.32. The molecule has 18 rings (SSSR count). The minimum Gasteiger partial charge on any atom is -0.316 e. The van der Waals surface area contributed by atoms with Crippen molar-refractivity contribution in [3.63, 3.8) is 0 Å². The van der Waals surface area contributed by atoms with Crippen LogP contribution >= 0.6 is 15.9 Å². The molecular weight excluding hydrogens is 1150 g/mol. The van der Waals surface area contributed by atoms with E-state index in [1.54, 1.807) is 0 Å². The number of benzene rings is 12. The number of hydrogen-bond donors (Lipinski definition) is 0. The maximum atomic E-state index is 3.65. The third-order valence-corrected chi connectivity index (χ3v) is 19.4. The van der Waals surface area contributed by atoms with Gasteiger partial charge in [-0.1, -0.05) is 213 Å². The Hall–Kier alpha value is -10.4. The molecule has 0 radical (unpaired) electrons. The van der Waals surface area contributed by atoms with Gasteiger partial charge < -0.3 is 23.2 Å². The molecule has 1 aliphatic heterocycles. The summed E-state index contributed by atoms with van der Waals surface area (Å²) in [7, 11) is 0. The van der Waals surface area contributed by atoms with Crippen molar-refractivity contribution in [2.24, 2.45) is 0 Å². The number of halogens is 1. The molecule has 0 N–H and O–H groups in total. The van der Waals surface area contributed by atoms with Crippen molar-refractivity contribution in [3.05, 3.63) is 341 Å². The van der Waals surface area contributed by atoms with Crippen molar-refractivity contribution in [2.75, 3.05) is 4.90 Å². The Morgan fingerprint density at radius 1 is 0.292 bits per heavy atom. The molecule has 89 heavy (non-hydrogen) atoms. The third kappa shape index (κ3) is 8.87. The van der Waals surface area contributed by atoms with Crippen molar-refractivity contribution in [3.8, 4) is 22.7 Å². The first-order valence-corrected chi connectivity index (χ1v) is 31.6. The van der Waals surface area contributed by atoms with Gasteiger partial charge in [-0.15, -0.1) is 0 Å². The Kier molecular flexibility index (Phi) is 13.0. The van der Waals surface area contributed by atoms with Crippen LogP contribution in [-0.4, -0.2) is 18.3 Å². The van der Waals surface area contributed by atoms with Gasteiger partial charge in [0.25, 0.3) is 0 Å². The van der Waals surface area contributed by atoms with Gasteiger partial charge >= 0.3 is 0 Å². The van der Waals surface area contributed by atoms with Crippen LogP contribution in [0.3, 0.4) is 0 Å². The average Bonchev–Trinajstić information content (AvgIpc) is 1.77. The highest BCUT2D eigenvalue weighted by Gasteiger charge is 2.37. The lowest BCUT2D eigenvalue weighted by Gasteiger charge is -2.42. The van der Waals surface area contributed by atoms with Gasteiger partial charge in [0.2, 0.25) is 0 Å². The molecule has 0 saturated carbocycles. The Balaban J connectivity index is 0.000000120. The lowest BCUT2D eigenvalue weighted by atomic mass is 9.69. The van der Waals surface area contributed by atoms with Gasteiger partial charge in [0.15, 0.2) is 0 Å². The van der Waals surface area contributed by atoms with E-state index >= 15 is 0 Å². The van der Waals surface area contributed by atoms with Gasteiger partial charge in [-0.3, -0.25) is 0 Å². The first-order valence-electron chi connectivity index (χ1n) is 30.8. The van der Waals surface area contributed by atoms with E-state index in [1.807, 2.05) is 0 Å². The van der Waals surface area contributed by atoms with E-state index in [-0.39, 0.29) is 10.8 Å². The van der Waals surface area contributed by atoms with Crippen molar-refractivity contribution < 1.29 is 0 Å². The summed E-state index contributed by atoms with van der Waals surface area (Å²) >= 11 is 3.65. The number of nitrogens with zero attached hydrogens (tertiary/aromatic N) is 5. The summed E-state index contributed by atoms with van der Waals surface area (Å²) in [6.07, 6.45) is 5.44. The van der Waals surface area contributed by atoms with Crippen LogP contribution in [0.15, 0.2) is 308 Å². The standard InChI is InChI=1S/C41H31N3.C26H17BrN2.C16H16/c1-41(2)34-17-9-11-19-38(34)43(39-20-12-10-18-35(39)41)30-21-23-37-33(27-30)31-22-24-36-32(25-26-42(36)28-13-5-3-6-14-28)40(31)44(37)29-15-7-4-8-16-29;27-18-11-13-25-23(17-18)21-12-14-24-22(15-16-28(24)19-7-3-1-4-8-19)26(21)29(25)20-9-5-2-6-10-20;1-16(2)14-9-5-3-7-12(14)11-13-8-4-6-10-15(13)16/h3-27H,1-2H3;1-17H;3-10H,11H2,1-2H3. The molecule has 16 aromatic rings. The maximum absolute atomic E-state index is 3.65. The lowest BCUT2D eigenvalue weighted by molar-refractivity contribution is 0.610. The summed E-state index contributed by atoms with van der Waals surface area (Å²) in [5.41, 5.74) is 24.3. The monoisotopic (exact) mass is 1210 g/mol. The summed E-state index contributed by atoms with van der Waals surface area (Å²) in [5, 5.41) is 7.51. The number of rotatable bonds is 5. The van der Waals surface area contributed by atoms with E-state index in [9.17, 15) is 0 Å². The number of fused-ring (bicyclic) bond motifs is 14. The van der Waals surface area contributed by atoms with E-state index in [2.05, 4.69) is 370 Å². The first kappa shape index (κ1) is 54.0. The zero-order valence-corrected chi connectivity index (χ0v) is 51.8. The minimum atomic E-state index is -0.0887. The molecule has 0 saturated heterocycles. The number of aromatic nitrogens is 4. The molecule has 5 nitrogen and oxygen atoms in total. The molecule has 1 aliphatic carbocycles. The summed E-state index contributed by atoms with van der Waals surface area (Å²) < 4.78 is 10.5. The smallest absolute Gasteiger partial charge is 0.0635 e. The second-order valence-corrected chi connectivity index (χ2v) is 25.6. The second-order valence-electron chi connectivity index (χ2n) is 24.6. The average molecular weight is 1210 g/mol. The molecular formula is C83H64BrN5. The zero-order chi connectivity index (χ0) is 60.0. The highest BCUT2D eigenvalue weighted by molar-refractivity contribution is 9.10. The van der Waals surface area contributed by atoms with Gasteiger partial charge in [0.05, 0.1) is 44.5 Å². The Morgan fingerprint density at radius 2 is 0.663 bits per heavy atom. The highest BCUT2D eigenvalue weighted by Crippen LogP contribution is 2.53. The van der Waals surface area contributed by atoms with Crippen LogP contribution in [-0.2, 0) is 17.3 Å². The number of anilines is 3. The number of para-hydroxylation sites is 6. The van der Waals surface area contributed by atoms with Gasteiger partial charge in [-0.05, 0) is 161 Å². The van der Waals surface area contributed by atoms with E-state index in [1.165, 1.54) is 127 Å². The fourth-order valence-corrected chi connectivity index (χ4v) is 15.1. The van der Waals surface area contributed by atoms with Crippen LogP contribution in [0, 0.1) is 0 Å². The normalized spacial score (nSPS) is 13.6. The molecule has 5 heterocycles. The third-order valence-electron chi connectivity index (χ3n) is 18.9. The van der Waals surface area contributed by atoms with Gasteiger partial charge in [-0.25, -0.2) is 0 Å². The molecule has 6 heteroatoms. The highest BCUT2D eigenvalue weighted by atomic mass is 79.9. The Labute approximate surface area is 527 Å². The van der Waals surface area contributed by atoms with Crippen LogP contribution in [0.2, 0.25) is 0 Å². The van der Waals surface area contributed by atoms with E-state index in [4.69, 9.17) is 0 Å². The molecule has 0 fully saturated rings. The van der Waals surface area contributed by atoms with Crippen molar-refractivity contribution in [1.82, 2.24) is 18.3 Å². The minimum absolute atomic E-state index is 0.0887. The predicted molar refractivity (Wildman–Crippen MR) is 378 cm³/mol. The SMILES string of the molecule is Brc1ccc2c(c1)c1ccc3c(ccn3-c3ccccc3)c1n2-c1ccccc1.CC1(C)c2ccccc2Cc2ccccc21.CC1(C)c2ccccc2N(c2ccc3c(c2)c2ccc4c(ccn4-c4ccccc4)c2n3-c2ccccc2)c2ccccc21. The van der Waals surface area contributed by atoms with Gasteiger partial charge in [0, 0.05) is 88.5 Å². The predicted octanol–water partition coefficient (Wildman–Crippen LogP) is 22.2. The Morgan fingerprint density at radius 3 is 1.13 bits per heavy atom. The fraction of sp³-hybridized carbons (Fsp3) is 0.0843. The summed E-state index contributed by atoms with van der Waals surface area (Å²) in [5.74, 6) is 0. The van der Waals surface area contributed by atoms with Crippen LogP contribution in [0.1, 0.15) is 61.1 Å². The van der Waals surface area contributed by atoms with Crippen molar-refractivity contribution >= 4 is 98.4 Å². The number of hydrogen-bond acceptors (Lipinski definition) is 1. The summed E-state index contributed by atoms with van der Waals surface area (Å²) in [4.78, 5) is 2.45. The van der Waals surface area contributed by atoms with Crippen LogP contribution in [0.4, 0.5) is 17.1 Å². The molecule has 0 unspecified atom stereocenters. The molecule has 428 valence electrons. The molecule has 4 aromatic heterocycles. The molecule has 0 amide bonds. The molecule has 2 aliphatic rings. The topological polar surface area (TPSA) is 23.0 Å². The lowest BCUT2D eigenvalue weighted by Crippen LogP contribution is -2.30. The maximum Gasteiger partial charge on any atom is 0.0635 e. The molecule has 12 aromatic carbocycles. The van der Waals surface area contributed by atoms with E-state index in [0.29, 0.717) is 0 Å². The van der Waals surface area contributed by atoms with Crippen LogP contribution < -0.4 is 4.90 Å². The Bertz CT molecular complexity index is 5260. The fourth-order valence-electron chi connectivity index (χ4n) is 14.7. The zero-order valence-electron chi connectivity index (χ0n) is 50.2. The van der Waals surface area contributed by atoms with E-state index in [0.717, 1.165) is 22.3 Å². The molecule has 0 bridgehead atoms. The van der Waals surface area contributed by atoms with Gasteiger partial charge in [0.1, 0.15) is 0 Å². The van der Waals surface area contributed by atoms with E-state index < -0.39 is 0 Å². The second kappa shape index (κ2) is 21.5. The van der Waals surface area contributed by atoms with Crippen molar-refractivity contribution in [2.45, 2.75) is 44.9 Å². The largest absolute Gasteiger partial charge is 0.316 e. The molecule has 0 spiro atoms. The van der Waals surface area contributed by atoms with Crippen LogP contribution in [0.25, 0.3) is 88.2 Å². The van der Waals surface area contributed by atoms with Gasteiger partial charge in [-0.2, -0.15) is 0 Å². The molecule has 0 atom stereocenters. The quantitative estimate of drug-likeness (QED) is 0.168. The van der Waals surface area contributed by atoms with Crippen LogP contribution in [0.5, 0.6) is 0 Å². The summed E-state index contributed by atoms with van der Waals surface area (Å²) in [6, 6.07) is 105. The van der Waals surface area contributed by atoms with Crippen molar-refractivity contribution in [1.29, 1.82) is 0 Å². The first-order chi connectivity index (χ1) is 43.6.